The van der Waals surface area contributed by atoms with Gasteiger partial charge >= 0.3 is 0 Å². The Hall–Kier alpha value is -0.730. The summed E-state index contributed by atoms with van der Waals surface area (Å²) in [5, 5.41) is 0. The average molecular weight is 209 g/mol. The number of nitrogens with zero attached hydrogens (tertiary/aromatic N) is 2. The van der Waals surface area contributed by atoms with Gasteiger partial charge < -0.3 is 10.6 Å². The summed E-state index contributed by atoms with van der Waals surface area (Å²) in [7, 11) is 0. The van der Waals surface area contributed by atoms with Crippen molar-refractivity contribution >= 4 is 5.96 Å². The Bertz CT molecular complexity index is 268. The summed E-state index contributed by atoms with van der Waals surface area (Å²) in [5.41, 5.74) is 6.18. The highest BCUT2D eigenvalue weighted by molar-refractivity contribution is 5.80. The Morgan fingerprint density at radius 1 is 1.53 bits per heavy atom. The zero-order valence-electron chi connectivity index (χ0n) is 10.2. The lowest BCUT2D eigenvalue weighted by molar-refractivity contribution is 0.182. The molecule has 0 bridgehead atoms. The van der Waals surface area contributed by atoms with E-state index in [0.717, 1.165) is 25.0 Å². The van der Waals surface area contributed by atoms with E-state index in [-0.39, 0.29) is 5.54 Å². The molecule has 1 unspecified atom stereocenters. The second-order valence-corrected chi connectivity index (χ2v) is 5.82. The average Bonchev–Trinajstić information content (AvgIpc) is 2.89. The molecule has 0 radical (unpaired) electrons. The van der Waals surface area contributed by atoms with Crippen LogP contribution < -0.4 is 5.73 Å². The molecule has 0 aromatic carbocycles. The number of aliphatic imine (C=N–C) groups is 1. The van der Waals surface area contributed by atoms with Crippen molar-refractivity contribution in [2.45, 2.75) is 45.6 Å². The van der Waals surface area contributed by atoms with Gasteiger partial charge in [-0.25, -0.2) is 0 Å². The molecule has 2 rings (SSSR count). The highest BCUT2D eigenvalue weighted by atomic mass is 15.3. The van der Waals surface area contributed by atoms with Crippen LogP contribution in [0.3, 0.4) is 0 Å². The van der Waals surface area contributed by atoms with Crippen molar-refractivity contribution in [3.63, 3.8) is 0 Å². The van der Waals surface area contributed by atoms with Crippen molar-refractivity contribution in [2.75, 3.05) is 13.1 Å². The maximum Gasteiger partial charge on any atom is 0.191 e. The molecule has 3 nitrogen and oxygen atoms in total. The van der Waals surface area contributed by atoms with Gasteiger partial charge in [0.15, 0.2) is 5.96 Å². The van der Waals surface area contributed by atoms with E-state index in [0.29, 0.717) is 5.92 Å². The minimum absolute atomic E-state index is 0.204. The quantitative estimate of drug-likeness (QED) is 0.767. The van der Waals surface area contributed by atoms with Crippen LogP contribution in [-0.2, 0) is 0 Å². The summed E-state index contributed by atoms with van der Waals surface area (Å²) >= 11 is 0. The minimum atomic E-state index is 0.204. The van der Waals surface area contributed by atoms with Crippen LogP contribution in [0, 0.1) is 11.8 Å². The lowest BCUT2D eigenvalue weighted by atomic mass is 9.93. The first-order valence-corrected chi connectivity index (χ1v) is 6.09. The first-order chi connectivity index (χ1) is 7.01. The molecule has 15 heavy (non-hydrogen) atoms. The maximum absolute atomic E-state index is 5.97. The molecule has 2 N–H and O–H groups in total. The monoisotopic (exact) mass is 209 g/mol. The summed E-state index contributed by atoms with van der Waals surface area (Å²) in [5.74, 6) is 2.34. The fourth-order valence-corrected chi connectivity index (χ4v) is 2.50. The van der Waals surface area contributed by atoms with Crippen LogP contribution in [-0.4, -0.2) is 29.5 Å². The smallest absolute Gasteiger partial charge is 0.191 e. The van der Waals surface area contributed by atoms with Crippen molar-refractivity contribution in [3.8, 4) is 0 Å². The van der Waals surface area contributed by atoms with E-state index < -0.39 is 0 Å². The van der Waals surface area contributed by atoms with E-state index in [4.69, 9.17) is 5.73 Å². The normalized spacial score (nSPS) is 31.2. The molecular weight excluding hydrogens is 186 g/mol. The van der Waals surface area contributed by atoms with E-state index in [1.165, 1.54) is 19.3 Å². The van der Waals surface area contributed by atoms with Gasteiger partial charge in [-0.15, -0.1) is 0 Å². The Morgan fingerprint density at radius 3 is 2.73 bits per heavy atom. The molecule has 1 aliphatic carbocycles. The molecule has 0 saturated heterocycles. The summed E-state index contributed by atoms with van der Waals surface area (Å²) < 4.78 is 0. The lowest BCUT2D eigenvalue weighted by Gasteiger charge is -2.37. The third-order valence-corrected chi connectivity index (χ3v) is 3.48. The summed E-state index contributed by atoms with van der Waals surface area (Å²) in [6.07, 6.45) is 4.08. The molecule has 1 heterocycles. The predicted octanol–water partition coefficient (Wildman–Crippen LogP) is 1.83. The predicted molar refractivity (Wildman–Crippen MR) is 63.8 cm³/mol. The zero-order chi connectivity index (χ0) is 11.1. The number of rotatable bonds is 4. The fraction of sp³-hybridized carbons (Fsp3) is 0.917. The fourth-order valence-electron chi connectivity index (χ4n) is 2.50. The van der Waals surface area contributed by atoms with Gasteiger partial charge in [-0.3, -0.25) is 4.99 Å². The lowest BCUT2D eigenvalue weighted by Crippen LogP contribution is -2.51. The van der Waals surface area contributed by atoms with Crippen LogP contribution in [0.1, 0.15) is 40.0 Å². The van der Waals surface area contributed by atoms with Crippen LogP contribution in [0.5, 0.6) is 0 Å². The zero-order valence-corrected chi connectivity index (χ0v) is 10.2. The Labute approximate surface area is 92.7 Å². The number of nitrogens with two attached hydrogens (primary N) is 1. The minimum Gasteiger partial charge on any atom is -0.370 e. The molecule has 3 heteroatoms. The third kappa shape index (κ3) is 2.27. The van der Waals surface area contributed by atoms with E-state index in [1.807, 2.05) is 0 Å². The van der Waals surface area contributed by atoms with Crippen molar-refractivity contribution in [1.29, 1.82) is 0 Å². The molecule has 1 saturated carbocycles. The van der Waals surface area contributed by atoms with E-state index >= 15 is 0 Å². The Kier molecular flexibility index (Phi) is 2.65. The molecule has 0 aromatic rings. The molecule has 86 valence electrons. The van der Waals surface area contributed by atoms with Gasteiger partial charge in [-0.05, 0) is 25.2 Å². The molecule has 2 aliphatic rings. The van der Waals surface area contributed by atoms with Crippen molar-refractivity contribution in [3.05, 3.63) is 0 Å². The van der Waals surface area contributed by atoms with Crippen molar-refractivity contribution in [2.24, 2.45) is 22.6 Å². The van der Waals surface area contributed by atoms with Crippen LogP contribution in [0.15, 0.2) is 4.99 Å². The van der Waals surface area contributed by atoms with Gasteiger partial charge in [-0.2, -0.15) is 0 Å². The van der Waals surface area contributed by atoms with Crippen LogP contribution in [0.2, 0.25) is 0 Å². The highest BCUT2D eigenvalue weighted by Gasteiger charge is 2.41. The summed E-state index contributed by atoms with van der Waals surface area (Å²) in [6.45, 7) is 8.73. The summed E-state index contributed by atoms with van der Waals surface area (Å²) in [6, 6.07) is 0. The Balaban J connectivity index is 2.03. The Morgan fingerprint density at radius 2 is 2.20 bits per heavy atom. The van der Waals surface area contributed by atoms with Crippen molar-refractivity contribution < 1.29 is 0 Å². The van der Waals surface area contributed by atoms with Gasteiger partial charge in [0, 0.05) is 6.54 Å². The van der Waals surface area contributed by atoms with Gasteiger partial charge in [0.25, 0.3) is 0 Å². The maximum atomic E-state index is 5.97. The molecular formula is C12H23N3. The van der Waals surface area contributed by atoms with E-state index in [1.54, 1.807) is 0 Å². The molecule has 1 atom stereocenters. The largest absolute Gasteiger partial charge is 0.370 e. The SMILES string of the molecule is CC(C)CN1C(N)=NCC1(C)CC1CC1. The van der Waals surface area contributed by atoms with Gasteiger partial charge in [-0.1, -0.05) is 26.7 Å². The second-order valence-electron chi connectivity index (χ2n) is 5.82. The highest BCUT2D eigenvalue weighted by Crippen LogP contribution is 2.40. The van der Waals surface area contributed by atoms with Crippen LogP contribution >= 0.6 is 0 Å². The van der Waals surface area contributed by atoms with Gasteiger partial charge in [0.2, 0.25) is 0 Å². The standard InChI is InChI=1S/C12H23N3/c1-9(2)7-15-11(13)14-8-12(15,3)6-10-4-5-10/h9-10H,4-8H2,1-3H3,(H2,13,14). The van der Waals surface area contributed by atoms with Gasteiger partial charge in [0.05, 0.1) is 12.1 Å². The second kappa shape index (κ2) is 3.69. The number of hydrogen-bond acceptors (Lipinski definition) is 3. The van der Waals surface area contributed by atoms with Gasteiger partial charge in [0.1, 0.15) is 0 Å². The van der Waals surface area contributed by atoms with Crippen LogP contribution in [0.25, 0.3) is 0 Å². The number of guanidine groups is 1. The topological polar surface area (TPSA) is 41.6 Å². The molecule has 1 fully saturated rings. The first kappa shape index (κ1) is 10.8. The molecule has 0 amide bonds. The third-order valence-electron chi connectivity index (χ3n) is 3.48. The van der Waals surface area contributed by atoms with Crippen molar-refractivity contribution in [1.82, 2.24) is 4.90 Å². The van der Waals surface area contributed by atoms with Crippen LogP contribution in [0.4, 0.5) is 0 Å². The van der Waals surface area contributed by atoms with E-state index in [2.05, 4.69) is 30.7 Å². The molecule has 0 aromatic heterocycles. The number of hydrogen-bond donors (Lipinski definition) is 1. The summed E-state index contributed by atoms with van der Waals surface area (Å²) in [4.78, 5) is 6.75. The van der Waals surface area contributed by atoms with E-state index in [9.17, 15) is 0 Å². The molecule has 1 aliphatic heterocycles. The first-order valence-electron chi connectivity index (χ1n) is 6.09. The molecule has 0 spiro atoms.